The maximum atomic E-state index is 9.30. The Morgan fingerprint density at radius 1 is 1.21 bits per heavy atom. The Morgan fingerprint density at radius 3 is 2.71 bits per heavy atom. The zero-order valence-corrected chi connectivity index (χ0v) is 14.0. The first-order chi connectivity index (χ1) is 11.6. The predicted molar refractivity (Wildman–Crippen MR) is 92.4 cm³/mol. The molecule has 0 bridgehead atoms. The van der Waals surface area contributed by atoms with Crippen LogP contribution in [0.2, 0.25) is 0 Å². The minimum Gasteiger partial charge on any atom is -0.494 e. The van der Waals surface area contributed by atoms with Gasteiger partial charge < -0.3 is 9.84 Å². The second-order valence-electron chi connectivity index (χ2n) is 5.77. The van der Waals surface area contributed by atoms with Gasteiger partial charge >= 0.3 is 0 Å². The van der Waals surface area contributed by atoms with Crippen LogP contribution in [0.5, 0.6) is 5.75 Å². The van der Waals surface area contributed by atoms with Gasteiger partial charge in [0.25, 0.3) is 0 Å². The third-order valence-electron chi connectivity index (χ3n) is 3.76. The minimum absolute atomic E-state index is 0.0154. The summed E-state index contributed by atoms with van der Waals surface area (Å²) in [6.07, 6.45) is 1.86. The van der Waals surface area contributed by atoms with Crippen molar-refractivity contribution in [2.24, 2.45) is 10.2 Å². The lowest BCUT2D eigenvalue weighted by Crippen LogP contribution is -1.89. The number of nitrogens with zero attached hydrogens (tertiary/aromatic N) is 4. The smallest absolute Gasteiger partial charge is 0.183 e. The highest BCUT2D eigenvalue weighted by Gasteiger charge is 2.15. The van der Waals surface area contributed by atoms with Crippen LogP contribution in [0.3, 0.4) is 0 Å². The molecule has 0 spiro atoms. The monoisotopic (exact) mass is 324 g/mol. The van der Waals surface area contributed by atoms with Crippen molar-refractivity contribution in [2.45, 2.75) is 26.4 Å². The molecule has 6 nitrogen and oxygen atoms in total. The van der Waals surface area contributed by atoms with Gasteiger partial charge in [-0.2, -0.15) is 0 Å². The highest BCUT2D eigenvalue weighted by molar-refractivity contribution is 5.55. The van der Waals surface area contributed by atoms with Gasteiger partial charge in [0.05, 0.1) is 19.4 Å². The van der Waals surface area contributed by atoms with E-state index in [2.05, 4.69) is 29.1 Å². The summed E-state index contributed by atoms with van der Waals surface area (Å²) in [5.74, 6) is 1.56. The molecular weight excluding hydrogens is 304 g/mol. The molecule has 0 aliphatic heterocycles. The van der Waals surface area contributed by atoms with E-state index in [9.17, 15) is 5.11 Å². The normalized spacial score (nSPS) is 11.7. The Kier molecular flexibility index (Phi) is 4.57. The number of aliphatic hydroxyl groups is 1. The van der Waals surface area contributed by atoms with E-state index in [1.165, 1.54) is 0 Å². The first kappa shape index (κ1) is 16.1. The van der Waals surface area contributed by atoms with E-state index in [1.54, 1.807) is 7.11 Å². The Hall–Kier alpha value is -2.73. The van der Waals surface area contributed by atoms with Crippen molar-refractivity contribution in [1.29, 1.82) is 0 Å². The number of azo groups is 1. The lowest BCUT2D eigenvalue weighted by atomic mass is 10.1. The number of ether oxygens (including phenoxy) is 1. The lowest BCUT2D eigenvalue weighted by molar-refractivity contribution is 0.282. The number of aromatic nitrogens is 2. The van der Waals surface area contributed by atoms with Crippen molar-refractivity contribution in [3.63, 3.8) is 0 Å². The maximum Gasteiger partial charge on any atom is 0.183 e. The summed E-state index contributed by atoms with van der Waals surface area (Å²) in [5.41, 5.74) is 3.09. The number of aliphatic hydroxyl groups excluding tert-OH is 1. The van der Waals surface area contributed by atoms with E-state index in [1.807, 2.05) is 47.0 Å². The molecule has 24 heavy (non-hydrogen) atoms. The molecule has 1 aromatic carbocycles. The van der Waals surface area contributed by atoms with E-state index in [0.717, 1.165) is 16.9 Å². The molecule has 0 aliphatic rings. The molecule has 0 saturated heterocycles. The average Bonchev–Trinajstić information content (AvgIpc) is 2.98. The summed E-state index contributed by atoms with van der Waals surface area (Å²) < 4.78 is 7.19. The fourth-order valence-corrected chi connectivity index (χ4v) is 2.49. The Morgan fingerprint density at radius 2 is 2.00 bits per heavy atom. The molecule has 6 heteroatoms. The first-order valence-corrected chi connectivity index (χ1v) is 7.80. The minimum atomic E-state index is -0.0154. The third kappa shape index (κ3) is 3.00. The molecule has 0 unspecified atom stereocenters. The SMILES string of the molecule is COc1ccccc1N=Nc1c(C(C)C)nc2cc(CO)ccn12. The van der Waals surface area contributed by atoms with Crippen LogP contribution < -0.4 is 4.74 Å². The van der Waals surface area contributed by atoms with Crippen LogP contribution in [0.25, 0.3) is 5.65 Å². The van der Waals surface area contributed by atoms with Crippen LogP contribution in [0.15, 0.2) is 52.8 Å². The van der Waals surface area contributed by atoms with Crippen LogP contribution in [-0.2, 0) is 6.61 Å². The Labute approximate surface area is 140 Å². The zero-order chi connectivity index (χ0) is 17.1. The van der Waals surface area contributed by atoms with Crippen molar-refractivity contribution in [1.82, 2.24) is 9.38 Å². The number of rotatable bonds is 5. The summed E-state index contributed by atoms with van der Waals surface area (Å²) in [7, 11) is 1.61. The molecule has 0 radical (unpaired) electrons. The van der Waals surface area contributed by atoms with Crippen molar-refractivity contribution >= 4 is 17.2 Å². The number of para-hydroxylation sites is 1. The van der Waals surface area contributed by atoms with E-state index >= 15 is 0 Å². The summed E-state index contributed by atoms with van der Waals surface area (Å²) in [4.78, 5) is 4.64. The quantitative estimate of drug-likeness (QED) is 0.708. The van der Waals surface area contributed by atoms with E-state index in [4.69, 9.17) is 4.74 Å². The van der Waals surface area contributed by atoms with Crippen molar-refractivity contribution in [3.05, 3.63) is 53.9 Å². The van der Waals surface area contributed by atoms with Crippen molar-refractivity contribution in [3.8, 4) is 5.75 Å². The van der Waals surface area contributed by atoms with Gasteiger partial charge in [0, 0.05) is 6.20 Å². The number of pyridine rings is 1. The Balaban J connectivity index is 2.10. The number of hydrogen-bond acceptors (Lipinski definition) is 5. The van der Waals surface area contributed by atoms with Gasteiger partial charge in [-0.25, -0.2) is 4.98 Å². The van der Waals surface area contributed by atoms with Gasteiger partial charge in [0.2, 0.25) is 0 Å². The lowest BCUT2D eigenvalue weighted by Gasteiger charge is -2.04. The van der Waals surface area contributed by atoms with E-state index < -0.39 is 0 Å². The first-order valence-electron chi connectivity index (χ1n) is 7.80. The number of imidazole rings is 1. The summed E-state index contributed by atoms with van der Waals surface area (Å²) in [6.45, 7) is 4.12. The number of fused-ring (bicyclic) bond motifs is 1. The largest absolute Gasteiger partial charge is 0.494 e. The predicted octanol–water partition coefficient (Wildman–Crippen LogP) is 4.37. The fraction of sp³-hybridized carbons (Fsp3) is 0.278. The van der Waals surface area contributed by atoms with E-state index in [-0.39, 0.29) is 12.5 Å². The number of hydrogen-bond donors (Lipinski definition) is 1. The van der Waals surface area contributed by atoms with Gasteiger partial charge in [-0.1, -0.05) is 26.0 Å². The molecule has 3 aromatic rings. The number of benzene rings is 1. The van der Waals surface area contributed by atoms with Gasteiger partial charge in [-0.3, -0.25) is 4.40 Å². The maximum absolute atomic E-state index is 9.30. The molecule has 2 heterocycles. The topological polar surface area (TPSA) is 71.5 Å². The van der Waals surface area contributed by atoms with Crippen LogP contribution in [0.4, 0.5) is 11.5 Å². The summed E-state index contributed by atoms with van der Waals surface area (Å²) in [5, 5.41) is 18.1. The average molecular weight is 324 g/mol. The fourth-order valence-electron chi connectivity index (χ4n) is 2.49. The summed E-state index contributed by atoms with van der Waals surface area (Å²) >= 11 is 0. The second kappa shape index (κ2) is 6.80. The molecular formula is C18H20N4O2. The van der Waals surface area contributed by atoms with Gasteiger partial charge in [0.15, 0.2) is 5.82 Å². The molecule has 124 valence electrons. The molecule has 0 saturated carbocycles. The highest BCUT2D eigenvalue weighted by Crippen LogP contribution is 2.32. The molecule has 0 atom stereocenters. The standard InChI is InChI=1S/C18H20N4O2/c1-12(2)17-18(21-20-14-6-4-5-7-15(14)24-3)22-9-8-13(11-23)10-16(22)19-17/h4-10,12,23H,11H2,1-3H3. The summed E-state index contributed by atoms with van der Waals surface area (Å²) in [6, 6.07) is 11.2. The molecule has 0 aliphatic carbocycles. The van der Waals surface area contributed by atoms with Crippen LogP contribution >= 0.6 is 0 Å². The van der Waals surface area contributed by atoms with Gasteiger partial charge in [0.1, 0.15) is 17.1 Å². The molecule has 1 N–H and O–H groups in total. The Bertz CT molecular complexity index is 884. The van der Waals surface area contributed by atoms with Crippen LogP contribution in [0, 0.1) is 0 Å². The number of methoxy groups -OCH3 is 1. The molecule has 0 fully saturated rings. The second-order valence-corrected chi connectivity index (χ2v) is 5.77. The molecule has 0 amide bonds. The van der Waals surface area contributed by atoms with Gasteiger partial charge in [-0.05, 0) is 35.7 Å². The van der Waals surface area contributed by atoms with Gasteiger partial charge in [-0.15, -0.1) is 10.2 Å². The van der Waals surface area contributed by atoms with Crippen molar-refractivity contribution in [2.75, 3.05) is 7.11 Å². The third-order valence-corrected chi connectivity index (χ3v) is 3.76. The zero-order valence-electron chi connectivity index (χ0n) is 14.0. The van der Waals surface area contributed by atoms with Crippen LogP contribution in [-0.4, -0.2) is 21.6 Å². The van der Waals surface area contributed by atoms with Crippen LogP contribution in [0.1, 0.15) is 31.0 Å². The van der Waals surface area contributed by atoms with Crippen molar-refractivity contribution < 1.29 is 9.84 Å². The molecule has 3 rings (SSSR count). The molecule has 2 aromatic heterocycles. The highest BCUT2D eigenvalue weighted by atomic mass is 16.5. The van der Waals surface area contributed by atoms with E-state index in [0.29, 0.717) is 17.3 Å².